The Balaban J connectivity index is 1.88. The van der Waals surface area contributed by atoms with Crippen LogP contribution in [0.25, 0.3) is 6.08 Å². The highest BCUT2D eigenvalue weighted by atomic mass is 127. The Labute approximate surface area is 158 Å². The first-order valence-electron chi connectivity index (χ1n) is 7.48. The summed E-state index contributed by atoms with van der Waals surface area (Å²) in [6, 6.07) is 12.5. The zero-order chi connectivity index (χ0) is 17.8. The normalized spacial score (nSPS) is 12.6. The molecule has 0 aliphatic carbocycles. The van der Waals surface area contributed by atoms with Gasteiger partial charge in [-0.05, 0) is 58.5 Å². The number of likely N-dealkylation sites (N-methyl/N-ethyl adjacent to an activating group) is 1. The molecule has 128 valence electrons. The summed E-state index contributed by atoms with van der Waals surface area (Å²) in [5.74, 6) is 0.521. The molecular formula is C18H15IN2O4. The van der Waals surface area contributed by atoms with Gasteiger partial charge in [-0.3, -0.25) is 9.59 Å². The molecule has 0 aromatic heterocycles. The van der Waals surface area contributed by atoms with Crippen LogP contribution in [-0.4, -0.2) is 25.7 Å². The lowest BCUT2D eigenvalue weighted by Gasteiger charge is -2.10. The van der Waals surface area contributed by atoms with Gasteiger partial charge in [-0.1, -0.05) is 18.2 Å². The van der Waals surface area contributed by atoms with Gasteiger partial charge in [-0.15, -0.1) is 0 Å². The van der Waals surface area contributed by atoms with Gasteiger partial charge in [0.2, 0.25) is 6.79 Å². The summed E-state index contributed by atoms with van der Waals surface area (Å²) in [5.41, 5.74) is 1.36. The van der Waals surface area contributed by atoms with Crippen molar-refractivity contribution in [3.05, 3.63) is 62.9 Å². The summed E-state index contributed by atoms with van der Waals surface area (Å²) in [5, 5.41) is 5.20. The molecule has 2 amide bonds. The second-order valence-electron chi connectivity index (χ2n) is 5.18. The van der Waals surface area contributed by atoms with E-state index in [-0.39, 0.29) is 18.4 Å². The van der Waals surface area contributed by atoms with Gasteiger partial charge in [0.05, 0.1) is 5.56 Å². The first-order chi connectivity index (χ1) is 12.1. The van der Waals surface area contributed by atoms with Crippen molar-refractivity contribution < 1.29 is 19.1 Å². The minimum atomic E-state index is -0.392. The van der Waals surface area contributed by atoms with Gasteiger partial charge in [-0.2, -0.15) is 0 Å². The second-order valence-corrected chi connectivity index (χ2v) is 6.35. The molecule has 0 spiro atoms. The molecule has 0 radical (unpaired) electrons. The third-order valence-corrected chi connectivity index (χ3v) is 4.49. The van der Waals surface area contributed by atoms with Crippen molar-refractivity contribution >= 4 is 40.5 Å². The molecule has 0 fully saturated rings. The standard InChI is InChI=1S/C18H15IN2O4/c1-20-18(23)14(21-17(22)12-4-2-3-5-13(12)19)8-11-6-7-15-16(9-11)25-10-24-15/h2-9H,10H2,1H3,(H,20,23)(H,21,22)/b14-8+. The van der Waals surface area contributed by atoms with Gasteiger partial charge < -0.3 is 20.1 Å². The summed E-state index contributed by atoms with van der Waals surface area (Å²) >= 11 is 2.08. The number of ether oxygens (including phenoxy) is 2. The molecular weight excluding hydrogens is 435 g/mol. The van der Waals surface area contributed by atoms with Gasteiger partial charge in [0.15, 0.2) is 11.5 Å². The molecule has 1 aliphatic rings. The van der Waals surface area contributed by atoms with Gasteiger partial charge in [0.25, 0.3) is 11.8 Å². The number of halogens is 1. The number of amides is 2. The monoisotopic (exact) mass is 450 g/mol. The van der Waals surface area contributed by atoms with E-state index >= 15 is 0 Å². The van der Waals surface area contributed by atoms with E-state index in [1.807, 2.05) is 12.1 Å². The minimum absolute atomic E-state index is 0.144. The average Bonchev–Trinajstić information content (AvgIpc) is 3.08. The topological polar surface area (TPSA) is 76.7 Å². The summed E-state index contributed by atoms with van der Waals surface area (Å²) < 4.78 is 11.4. The molecule has 2 N–H and O–H groups in total. The van der Waals surface area contributed by atoms with Gasteiger partial charge in [0, 0.05) is 10.6 Å². The smallest absolute Gasteiger partial charge is 0.267 e. The van der Waals surface area contributed by atoms with Crippen LogP contribution < -0.4 is 20.1 Å². The molecule has 7 heteroatoms. The van der Waals surface area contributed by atoms with Crippen LogP contribution in [0.1, 0.15) is 15.9 Å². The van der Waals surface area contributed by atoms with E-state index in [2.05, 4.69) is 33.2 Å². The van der Waals surface area contributed by atoms with Crippen molar-refractivity contribution in [1.29, 1.82) is 0 Å². The van der Waals surface area contributed by atoms with Crippen molar-refractivity contribution in [2.24, 2.45) is 0 Å². The molecule has 0 bridgehead atoms. The van der Waals surface area contributed by atoms with Crippen molar-refractivity contribution in [3.8, 4) is 11.5 Å². The highest BCUT2D eigenvalue weighted by Gasteiger charge is 2.17. The minimum Gasteiger partial charge on any atom is -0.454 e. The first kappa shape index (κ1) is 17.3. The van der Waals surface area contributed by atoms with E-state index in [9.17, 15) is 9.59 Å². The maximum Gasteiger partial charge on any atom is 0.267 e. The number of hydrogen-bond acceptors (Lipinski definition) is 4. The van der Waals surface area contributed by atoms with E-state index < -0.39 is 5.91 Å². The zero-order valence-electron chi connectivity index (χ0n) is 13.3. The van der Waals surface area contributed by atoms with Crippen LogP contribution in [0.15, 0.2) is 48.2 Å². The van der Waals surface area contributed by atoms with E-state index in [1.165, 1.54) is 7.05 Å². The first-order valence-corrected chi connectivity index (χ1v) is 8.55. The van der Waals surface area contributed by atoms with E-state index in [1.54, 1.807) is 36.4 Å². The lowest BCUT2D eigenvalue weighted by Crippen LogP contribution is -2.33. The fourth-order valence-electron chi connectivity index (χ4n) is 2.30. The van der Waals surface area contributed by atoms with Crippen molar-refractivity contribution in [3.63, 3.8) is 0 Å². The Kier molecular flexibility index (Phi) is 5.22. The third kappa shape index (κ3) is 3.93. The van der Waals surface area contributed by atoms with Crippen LogP contribution in [-0.2, 0) is 4.79 Å². The van der Waals surface area contributed by atoms with Crippen LogP contribution in [0, 0.1) is 3.57 Å². The number of carbonyl (C=O) groups is 2. The lowest BCUT2D eigenvalue weighted by atomic mass is 10.1. The summed E-state index contributed by atoms with van der Waals surface area (Å²) in [6.45, 7) is 0.175. The number of carbonyl (C=O) groups excluding carboxylic acids is 2. The molecule has 2 aromatic rings. The molecule has 0 saturated carbocycles. The number of rotatable bonds is 4. The van der Waals surface area contributed by atoms with Crippen LogP contribution in [0.2, 0.25) is 0 Å². The van der Waals surface area contributed by atoms with E-state index in [0.717, 1.165) is 3.57 Å². The van der Waals surface area contributed by atoms with Gasteiger partial charge >= 0.3 is 0 Å². The predicted molar refractivity (Wildman–Crippen MR) is 101 cm³/mol. The molecule has 0 saturated heterocycles. The van der Waals surface area contributed by atoms with Crippen LogP contribution in [0.4, 0.5) is 0 Å². The summed E-state index contributed by atoms with van der Waals surface area (Å²) in [7, 11) is 1.51. The fraction of sp³-hybridized carbons (Fsp3) is 0.111. The molecule has 1 heterocycles. The number of benzene rings is 2. The van der Waals surface area contributed by atoms with Gasteiger partial charge in [-0.25, -0.2) is 0 Å². The Hall–Kier alpha value is -2.55. The van der Waals surface area contributed by atoms with Crippen molar-refractivity contribution in [2.75, 3.05) is 13.8 Å². The molecule has 1 aliphatic heterocycles. The molecule has 6 nitrogen and oxygen atoms in total. The molecule has 2 aromatic carbocycles. The fourth-order valence-corrected chi connectivity index (χ4v) is 2.93. The van der Waals surface area contributed by atoms with E-state index in [0.29, 0.717) is 22.6 Å². The Morgan fingerprint density at radius 3 is 2.64 bits per heavy atom. The maximum atomic E-state index is 12.5. The Bertz CT molecular complexity index is 864. The second kappa shape index (κ2) is 7.56. The maximum absolute atomic E-state index is 12.5. The lowest BCUT2D eigenvalue weighted by molar-refractivity contribution is -0.117. The van der Waals surface area contributed by atoms with Crippen molar-refractivity contribution in [1.82, 2.24) is 10.6 Å². The SMILES string of the molecule is CNC(=O)/C(=C\c1ccc2c(c1)OCO2)NC(=O)c1ccccc1I. The van der Waals surface area contributed by atoms with Crippen molar-refractivity contribution in [2.45, 2.75) is 0 Å². The quantitative estimate of drug-likeness (QED) is 0.555. The number of nitrogens with one attached hydrogen (secondary N) is 2. The zero-order valence-corrected chi connectivity index (χ0v) is 15.5. The number of hydrogen-bond donors (Lipinski definition) is 2. The Morgan fingerprint density at radius 2 is 1.88 bits per heavy atom. The predicted octanol–water partition coefficient (Wildman–Crippen LogP) is 2.54. The summed E-state index contributed by atoms with van der Waals surface area (Å²) in [4.78, 5) is 24.6. The molecule has 0 atom stereocenters. The van der Waals surface area contributed by atoms with E-state index in [4.69, 9.17) is 9.47 Å². The average molecular weight is 450 g/mol. The van der Waals surface area contributed by atoms with Gasteiger partial charge in [0.1, 0.15) is 5.70 Å². The highest BCUT2D eigenvalue weighted by molar-refractivity contribution is 14.1. The molecule has 3 rings (SSSR count). The summed E-state index contributed by atoms with van der Waals surface area (Å²) in [6.07, 6.45) is 1.59. The third-order valence-electron chi connectivity index (χ3n) is 3.55. The Morgan fingerprint density at radius 1 is 1.12 bits per heavy atom. The van der Waals surface area contributed by atoms with Crippen LogP contribution >= 0.6 is 22.6 Å². The highest BCUT2D eigenvalue weighted by Crippen LogP contribution is 2.33. The largest absolute Gasteiger partial charge is 0.454 e. The van der Waals surface area contributed by atoms with Crippen LogP contribution in [0.3, 0.4) is 0 Å². The number of fused-ring (bicyclic) bond motifs is 1. The molecule has 0 unspecified atom stereocenters. The molecule has 25 heavy (non-hydrogen) atoms. The van der Waals surface area contributed by atoms with Crippen LogP contribution in [0.5, 0.6) is 11.5 Å².